The number of anilines is 2. The smallest absolute Gasteiger partial charge is 0.306 e. The molecule has 0 aromatic heterocycles. The summed E-state index contributed by atoms with van der Waals surface area (Å²) in [5.74, 6) is -0.886. The van der Waals surface area contributed by atoms with Crippen LogP contribution in [0.15, 0.2) is 36.4 Å². The van der Waals surface area contributed by atoms with Crippen LogP contribution in [0.5, 0.6) is 0 Å². The van der Waals surface area contributed by atoms with Crippen molar-refractivity contribution in [1.29, 1.82) is 0 Å². The van der Waals surface area contributed by atoms with E-state index >= 15 is 0 Å². The molecule has 0 saturated carbocycles. The van der Waals surface area contributed by atoms with Crippen molar-refractivity contribution >= 4 is 34.4 Å². The molecule has 0 amide bonds. The number of nitrogens with zero attached hydrogens (tertiary/aromatic N) is 1. The highest BCUT2D eigenvalue weighted by atomic mass is 32.1. The van der Waals surface area contributed by atoms with Crippen molar-refractivity contribution in [2.24, 2.45) is 0 Å². The zero-order valence-electron chi connectivity index (χ0n) is 12.0. The number of halogens is 1. The standard InChI is InChI=1S/C15H14FN3O2S/c1-9-3-4-11(7-10(9)2)17-15(22)18-12-5-6-13(16)14(8-12)19(20)21/h3-8H,1-2H3,(H2,17,18,22). The zero-order chi connectivity index (χ0) is 16.3. The summed E-state index contributed by atoms with van der Waals surface area (Å²) in [5.41, 5.74) is 2.83. The fraction of sp³-hybridized carbons (Fsp3) is 0.133. The second-order valence-electron chi connectivity index (χ2n) is 4.80. The van der Waals surface area contributed by atoms with Gasteiger partial charge in [0.25, 0.3) is 0 Å². The third-order valence-electron chi connectivity index (χ3n) is 3.17. The highest BCUT2D eigenvalue weighted by Crippen LogP contribution is 2.22. The van der Waals surface area contributed by atoms with E-state index < -0.39 is 16.4 Å². The number of hydrogen-bond acceptors (Lipinski definition) is 3. The minimum absolute atomic E-state index is 0.268. The summed E-state index contributed by atoms with van der Waals surface area (Å²) in [6.07, 6.45) is 0. The van der Waals surface area contributed by atoms with E-state index in [1.165, 1.54) is 11.6 Å². The van der Waals surface area contributed by atoms with Gasteiger partial charge in [-0.3, -0.25) is 10.1 Å². The maximum absolute atomic E-state index is 13.3. The molecule has 2 aromatic carbocycles. The Morgan fingerprint density at radius 3 is 2.27 bits per heavy atom. The lowest BCUT2D eigenvalue weighted by atomic mass is 10.1. The molecule has 0 fully saturated rings. The first kappa shape index (κ1) is 15.8. The molecule has 0 heterocycles. The number of aryl methyl sites for hydroxylation is 2. The SMILES string of the molecule is Cc1ccc(NC(=S)Nc2ccc(F)c([N+](=O)[O-])c2)cc1C. The predicted octanol–water partition coefficient (Wildman–Crippen LogP) is 4.16. The molecule has 22 heavy (non-hydrogen) atoms. The van der Waals surface area contributed by atoms with Gasteiger partial charge in [-0.05, 0) is 61.5 Å². The summed E-state index contributed by atoms with van der Waals surface area (Å²) in [6, 6.07) is 9.29. The molecule has 2 N–H and O–H groups in total. The quantitative estimate of drug-likeness (QED) is 0.505. The maximum Gasteiger partial charge on any atom is 0.306 e. The van der Waals surface area contributed by atoms with Gasteiger partial charge in [-0.1, -0.05) is 6.07 Å². The molecule has 5 nitrogen and oxygen atoms in total. The first-order valence-corrected chi connectivity index (χ1v) is 6.87. The topological polar surface area (TPSA) is 67.2 Å². The second kappa shape index (κ2) is 6.48. The summed E-state index contributed by atoms with van der Waals surface area (Å²) in [7, 11) is 0. The Bertz CT molecular complexity index is 750. The first-order chi connectivity index (χ1) is 10.4. The molecule has 2 rings (SSSR count). The lowest BCUT2D eigenvalue weighted by Crippen LogP contribution is -2.19. The van der Waals surface area contributed by atoms with Crippen LogP contribution in [0.2, 0.25) is 0 Å². The van der Waals surface area contributed by atoms with Crippen molar-refractivity contribution in [2.75, 3.05) is 10.6 Å². The minimum atomic E-state index is -0.886. The molecule has 0 aliphatic rings. The van der Waals surface area contributed by atoms with Crippen molar-refractivity contribution in [1.82, 2.24) is 0 Å². The van der Waals surface area contributed by atoms with E-state index in [9.17, 15) is 14.5 Å². The van der Waals surface area contributed by atoms with Gasteiger partial charge in [-0.15, -0.1) is 0 Å². The van der Waals surface area contributed by atoms with Crippen molar-refractivity contribution in [3.8, 4) is 0 Å². The fourth-order valence-corrected chi connectivity index (χ4v) is 2.08. The summed E-state index contributed by atoms with van der Waals surface area (Å²) >= 11 is 5.15. The Hall–Kier alpha value is -2.54. The molecular formula is C15H14FN3O2S. The van der Waals surface area contributed by atoms with Crippen molar-refractivity contribution in [3.63, 3.8) is 0 Å². The van der Waals surface area contributed by atoms with Crippen LogP contribution in [0.3, 0.4) is 0 Å². The number of benzene rings is 2. The molecular weight excluding hydrogens is 305 g/mol. The molecule has 0 radical (unpaired) electrons. The van der Waals surface area contributed by atoms with E-state index in [4.69, 9.17) is 12.2 Å². The fourth-order valence-electron chi connectivity index (χ4n) is 1.84. The number of nitrogens with one attached hydrogen (secondary N) is 2. The highest BCUT2D eigenvalue weighted by Gasteiger charge is 2.14. The van der Waals surface area contributed by atoms with E-state index in [1.807, 2.05) is 32.0 Å². The van der Waals surface area contributed by atoms with Crippen LogP contribution >= 0.6 is 12.2 Å². The van der Waals surface area contributed by atoms with E-state index in [0.717, 1.165) is 23.4 Å². The molecule has 0 unspecified atom stereocenters. The van der Waals surface area contributed by atoms with Gasteiger partial charge in [0.05, 0.1) is 4.92 Å². The van der Waals surface area contributed by atoms with E-state index in [2.05, 4.69) is 10.6 Å². The molecule has 2 aromatic rings. The number of hydrogen-bond donors (Lipinski definition) is 2. The molecule has 0 aliphatic heterocycles. The van der Waals surface area contributed by atoms with Crippen molar-refractivity contribution in [2.45, 2.75) is 13.8 Å². The van der Waals surface area contributed by atoms with Crippen LogP contribution in [0, 0.1) is 29.8 Å². The molecule has 0 spiro atoms. The minimum Gasteiger partial charge on any atom is -0.332 e. The monoisotopic (exact) mass is 319 g/mol. The average Bonchev–Trinajstić information content (AvgIpc) is 2.44. The van der Waals surface area contributed by atoms with Crippen LogP contribution in [-0.4, -0.2) is 10.0 Å². The third-order valence-corrected chi connectivity index (χ3v) is 3.37. The summed E-state index contributed by atoms with van der Waals surface area (Å²) in [4.78, 5) is 9.93. The molecule has 0 atom stereocenters. The van der Waals surface area contributed by atoms with E-state index in [0.29, 0.717) is 5.69 Å². The van der Waals surface area contributed by atoms with Crippen molar-refractivity contribution in [3.05, 3.63) is 63.5 Å². The molecule has 0 aliphatic carbocycles. The van der Waals surface area contributed by atoms with E-state index in [1.54, 1.807) is 0 Å². The van der Waals surface area contributed by atoms with Crippen LogP contribution in [-0.2, 0) is 0 Å². The number of nitro groups is 1. The summed E-state index contributed by atoms with van der Waals surface area (Å²) < 4.78 is 13.3. The highest BCUT2D eigenvalue weighted by molar-refractivity contribution is 7.80. The summed E-state index contributed by atoms with van der Waals surface area (Å²) in [6.45, 7) is 3.99. The average molecular weight is 319 g/mol. The van der Waals surface area contributed by atoms with Crippen molar-refractivity contribution < 1.29 is 9.31 Å². The Kier molecular flexibility index (Phi) is 4.67. The van der Waals surface area contributed by atoms with Gasteiger partial charge in [-0.25, -0.2) is 0 Å². The van der Waals surface area contributed by atoms with Gasteiger partial charge < -0.3 is 10.6 Å². The lowest BCUT2D eigenvalue weighted by Gasteiger charge is -2.12. The van der Waals surface area contributed by atoms with Crippen LogP contribution in [0.1, 0.15) is 11.1 Å². The van der Waals surface area contributed by atoms with Crippen LogP contribution < -0.4 is 10.6 Å². The number of thiocarbonyl (C=S) groups is 1. The normalized spacial score (nSPS) is 10.1. The predicted molar refractivity (Wildman–Crippen MR) is 88.8 cm³/mol. The van der Waals surface area contributed by atoms with Gasteiger partial charge in [0.2, 0.25) is 5.82 Å². The van der Waals surface area contributed by atoms with Crippen LogP contribution in [0.4, 0.5) is 21.5 Å². The van der Waals surface area contributed by atoms with Crippen LogP contribution in [0.25, 0.3) is 0 Å². The van der Waals surface area contributed by atoms with Gasteiger partial charge in [0.1, 0.15) is 0 Å². The maximum atomic E-state index is 13.3. The summed E-state index contributed by atoms with van der Waals surface area (Å²) in [5, 5.41) is 16.8. The molecule has 114 valence electrons. The number of rotatable bonds is 3. The second-order valence-corrected chi connectivity index (χ2v) is 5.21. The Morgan fingerprint density at radius 2 is 1.68 bits per heavy atom. The number of nitro benzene ring substituents is 1. The van der Waals surface area contributed by atoms with Gasteiger partial charge in [0, 0.05) is 17.4 Å². The molecule has 0 saturated heterocycles. The first-order valence-electron chi connectivity index (χ1n) is 6.46. The van der Waals surface area contributed by atoms with E-state index in [-0.39, 0.29) is 5.11 Å². The Morgan fingerprint density at radius 1 is 1.09 bits per heavy atom. The van der Waals surface area contributed by atoms with Gasteiger partial charge >= 0.3 is 5.69 Å². The largest absolute Gasteiger partial charge is 0.332 e. The third kappa shape index (κ3) is 3.76. The molecule has 0 bridgehead atoms. The zero-order valence-corrected chi connectivity index (χ0v) is 12.8. The Balaban J connectivity index is 2.10. The molecule has 7 heteroatoms. The lowest BCUT2D eigenvalue weighted by molar-refractivity contribution is -0.387. The van der Waals surface area contributed by atoms with Gasteiger partial charge in [0.15, 0.2) is 5.11 Å². The van der Waals surface area contributed by atoms with Gasteiger partial charge in [-0.2, -0.15) is 4.39 Å². The Labute approximate surface area is 132 Å².